The molecular weight excluding hydrogens is 973 g/mol. The number of hydrogen-bond donors (Lipinski definition) is 0. The summed E-state index contributed by atoms with van der Waals surface area (Å²) in [6.45, 7) is 6.54. The van der Waals surface area contributed by atoms with Gasteiger partial charge in [0, 0.05) is 19.3 Å². The van der Waals surface area contributed by atoms with Crippen LogP contribution in [0.15, 0.2) is 85.1 Å². The Labute approximate surface area is 490 Å². The molecule has 0 saturated carbocycles. The third-order valence-corrected chi connectivity index (χ3v) is 14.9. The number of unbranched alkanes of at least 4 members (excludes halogenated alkanes) is 37. The zero-order chi connectivity index (χ0) is 57.1. The second-order valence-electron chi connectivity index (χ2n) is 22.7. The van der Waals surface area contributed by atoms with Gasteiger partial charge in [0.25, 0.3) is 0 Å². The molecule has 0 aromatic rings. The zero-order valence-corrected chi connectivity index (χ0v) is 52.4. The van der Waals surface area contributed by atoms with Gasteiger partial charge in [0.2, 0.25) is 0 Å². The van der Waals surface area contributed by atoms with Gasteiger partial charge in [-0.05, 0) is 96.3 Å². The average molecular weight is 1100 g/mol. The molecule has 0 aromatic carbocycles. The monoisotopic (exact) mass is 1100 g/mol. The van der Waals surface area contributed by atoms with Crippen molar-refractivity contribution in [1.82, 2.24) is 0 Å². The van der Waals surface area contributed by atoms with Crippen LogP contribution in [0, 0.1) is 0 Å². The van der Waals surface area contributed by atoms with Gasteiger partial charge < -0.3 is 14.2 Å². The number of allylic oxidation sites excluding steroid dienone is 14. The van der Waals surface area contributed by atoms with Crippen molar-refractivity contribution in [1.29, 1.82) is 0 Å². The number of esters is 3. The number of hydrogen-bond acceptors (Lipinski definition) is 6. The second kappa shape index (κ2) is 67.1. The fraction of sp³-hybridized carbons (Fsp3) is 0.767. The van der Waals surface area contributed by atoms with E-state index in [-0.39, 0.29) is 31.1 Å². The lowest BCUT2D eigenvalue weighted by Crippen LogP contribution is -2.30. The Morgan fingerprint density at radius 3 is 0.785 bits per heavy atom. The van der Waals surface area contributed by atoms with Gasteiger partial charge in [-0.1, -0.05) is 311 Å². The van der Waals surface area contributed by atoms with Gasteiger partial charge in [-0.3, -0.25) is 14.4 Å². The van der Waals surface area contributed by atoms with Gasteiger partial charge in [0.05, 0.1) is 0 Å². The van der Waals surface area contributed by atoms with Crippen LogP contribution in [-0.2, 0) is 28.6 Å². The maximum Gasteiger partial charge on any atom is 0.306 e. The molecule has 0 N–H and O–H groups in total. The summed E-state index contributed by atoms with van der Waals surface area (Å²) >= 11 is 0. The molecule has 6 heteroatoms. The lowest BCUT2D eigenvalue weighted by molar-refractivity contribution is -0.167. The third kappa shape index (κ3) is 65.3. The fourth-order valence-corrected chi connectivity index (χ4v) is 9.80. The lowest BCUT2D eigenvalue weighted by Gasteiger charge is -2.18. The van der Waals surface area contributed by atoms with Crippen LogP contribution in [0.2, 0.25) is 0 Å². The predicted octanol–water partition coefficient (Wildman–Crippen LogP) is 23.4. The van der Waals surface area contributed by atoms with Crippen LogP contribution < -0.4 is 0 Å². The molecule has 79 heavy (non-hydrogen) atoms. The van der Waals surface area contributed by atoms with Crippen molar-refractivity contribution in [2.75, 3.05) is 13.2 Å². The molecule has 1 unspecified atom stereocenters. The van der Waals surface area contributed by atoms with E-state index in [1.165, 1.54) is 193 Å². The molecule has 0 aliphatic heterocycles. The molecule has 0 radical (unpaired) electrons. The smallest absolute Gasteiger partial charge is 0.306 e. The molecule has 0 aliphatic carbocycles. The number of carbonyl (C=O) groups is 3. The molecule has 0 fully saturated rings. The molecule has 0 rings (SSSR count). The molecule has 0 heterocycles. The minimum Gasteiger partial charge on any atom is -0.462 e. The quantitative estimate of drug-likeness (QED) is 0.0261. The van der Waals surface area contributed by atoms with E-state index >= 15 is 0 Å². The van der Waals surface area contributed by atoms with Crippen LogP contribution >= 0.6 is 0 Å². The lowest BCUT2D eigenvalue weighted by atomic mass is 10.0. The first-order chi connectivity index (χ1) is 39.0. The minimum atomic E-state index is -0.789. The van der Waals surface area contributed by atoms with Crippen LogP contribution in [0.5, 0.6) is 0 Å². The minimum absolute atomic E-state index is 0.0838. The Balaban J connectivity index is 4.27. The normalized spacial score (nSPS) is 12.6. The maximum atomic E-state index is 12.9. The van der Waals surface area contributed by atoms with E-state index in [0.717, 1.165) is 109 Å². The summed E-state index contributed by atoms with van der Waals surface area (Å²) in [6.07, 6.45) is 88.9. The van der Waals surface area contributed by atoms with Crippen molar-refractivity contribution in [3.05, 3.63) is 85.1 Å². The topological polar surface area (TPSA) is 78.9 Å². The third-order valence-electron chi connectivity index (χ3n) is 14.9. The Bertz CT molecular complexity index is 1500. The first kappa shape index (κ1) is 75.6. The van der Waals surface area contributed by atoms with Crippen molar-refractivity contribution in [2.24, 2.45) is 0 Å². The molecule has 456 valence electrons. The van der Waals surface area contributed by atoms with Gasteiger partial charge in [-0.2, -0.15) is 0 Å². The van der Waals surface area contributed by atoms with Crippen LogP contribution in [0.3, 0.4) is 0 Å². The summed E-state index contributed by atoms with van der Waals surface area (Å²) in [6, 6.07) is 0. The van der Waals surface area contributed by atoms with E-state index in [0.29, 0.717) is 19.3 Å². The van der Waals surface area contributed by atoms with E-state index in [2.05, 4.69) is 106 Å². The highest BCUT2D eigenvalue weighted by molar-refractivity contribution is 5.71. The summed E-state index contributed by atoms with van der Waals surface area (Å²) < 4.78 is 16.9. The van der Waals surface area contributed by atoms with Crippen LogP contribution in [-0.4, -0.2) is 37.2 Å². The van der Waals surface area contributed by atoms with Crippen LogP contribution in [0.4, 0.5) is 0 Å². The first-order valence-electron chi connectivity index (χ1n) is 34.1. The zero-order valence-electron chi connectivity index (χ0n) is 52.4. The van der Waals surface area contributed by atoms with Gasteiger partial charge in [0.1, 0.15) is 13.2 Å². The Morgan fingerprint density at radius 2 is 0.494 bits per heavy atom. The van der Waals surface area contributed by atoms with Gasteiger partial charge in [0.15, 0.2) is 6.10 Å². The summed E-state index contributed by atoms with van der Waals surface area (Å²) in [5.74, 6) is -0.894. The van der Waals surface area contributed by atoms with E-state index in [9.17, 15) is 14.4 Å². The molecular formula is C73H128O6. The predicted molar refractivity (Wildman–Crippen MR) is 344 cm³/mol. The van der Waals surface area contributed by atoms with Crippen molar-refractivity contribution in [3.8, 4) is 0 Å². The molecule has 6 nitrogen and oxygen atoms in total. The molecule has 0 amide bonds. The van der Waals surface area contributed by atoms with Gasteiger partial charge in [-0.25, -0.2) is 0 Å². The molecule has 1 atom stereocenters. The maximum absolute atomic E-state index is 12.9. The van der Waals surface area contributed by atoms with Crippen molar-refractivity contribution in [3.63, 3.8) is 0 Å². The molecule has 0 aromatic heterocycles. The Morgan fingerprint density at radius 1 is 0.266 bits per heavy atom. The summed E-state index contributed by atoms with van der Waals surface area (Å²) in [5.41, 5.74) is 0. The van der Waals surface area contributed by atoms with E-state index in [1.54, 1.807) is 0 Å². The highest BCUT2D eigenvalue weighted by Gasteiger charge is 2.19. The SMILES string of the molecule is CC/C=C\C/C=C\C/C=C\C/C=C\C/C=C\C/C=C\CCCCCCC(=O)OC(COC(=O)CCCCCCCCCCCCC)COC(=O)CCCCCCCCCCCCCCCCC/C=C\CCCCCCCCCC. The molecule has 0 spiro atoms. The van der Waals surface area contributed by atoms with Gasteiger partial charge >= 0.3 is 17.9 Å². The van der Waals surface area contributed by atoms with Crippen molar-refractivity contribution >= 4 is 17.9 Å². The fourth-order valence-electron chi connectivity index (χ4n) is 9.80. The number of rotatable bonds is 62. The van der Waals surface area contributed by atoms with E-state index in [4.69, 9.17) is 14.2 Å². The molecule has 0 bridgehead atoms. The van der Waals surface area contributed by atoms with E-state index in [1.807, 2.05) is 0 Å². The number of carbonyl (C=O) groups excluding carboxylic acids is 3. The standard InChI is InChI=1S/C73H128O6/c1-4-7-10-13-16-19-22-24-26-28-30-32-34-35-36-37-39-40-42-44-46-48-51-54-57-60-63-66-72(75)78-69-70(68-77-71(74)65-62-59-56-53-50-21-18-15-12-9-6-3)79-73(76)67-64-61-58-55-52-49-47-45-43-41-38-33-31-29-27-25-23-20-17-14-11-8-5-2/h8,11,17,20,25,27-28,30-31,33,41,43,47,49,70H,4-7,9-10,12-16,18-19,21-24,26,29,32,34-40,42,44-46,48,50-69H2,1-3H3/b11-8-,20-17-,27-25-,30-28-,33-31-,43-41-,49-47-. The largest absolute Gasteiger partial charge is 0.462 e. The average Bonchev–Trinajstić information content (AvgIpc) is 3.45. The Kier molecular flexibility index (Phi) is 64.2. The van der Waals surface area contributed by atoms with E-state index < -0.39 is 6.10 Å². The van der Waals surface area contributed by atoms with Crippen LogP contribution in [0.25, 0.3) is 0 Å². The van der Waals surface area contributed by atoms with Gasteiger partial charge in [-0.15, -0.1) is 0 Å². The molecule has 0 aliphatic rings. The van der Waals surface area contributed by atoms with Crippen molar-refractivity contribution in [2.45, 2.75) is 348 Å². The number of ether oxygens (including phenoxy) is 3. The summed E-state index contributed by atoms with van der Waals surface area (Å²) in [7, 11) is 0. The highest BCUT2D eigenvalue weighted by Crippen LogP contribution is 2.17. The summed E-state index contributed by atoms with van der Waals surface area (Å²) in [4.78, 5) is 38.3. The summed E-state index contributed by atoms with van der Waals surface area (Å²) in [5, 5.41) is 0. The van der Waals surface area contributed by atoms with Crippen molar-refractivity contribution < 1.29 is 28.6 Å². The van der Waals surface area contributed by atoms with Crippen LogP contribution in [0.1, 0.15) is 342 Å². The molecule has 0 saturated heterocycles. The Hall–Kier alpha value is -3.41. The second-order valence-corrected chi connectivity index (χ2v) is 22.7. The highest BCUT2D eigenvalue weighted by atomic mass is 16.6. The first-order valence-corrected chi connectivity index (χ1v) is 34.1.